The Morgan fingerprint density at radius 3 is 2.64 bits per heavy atom. The first-order chi connectivity index (χ1) is 18.3. The van der Waals surface area contributed by atoms with Gasteiger partial charge in [-0.25, -0.2) is 13.2 Å². The van der Waals surface area contributed by atoms with Crippen LogP contribution in [-0.2, 0) is 16.1 Å². The first kappa shape index (κ1) is 26.9. The fourth-order valence-electron chi connectivity index (χ4n) is 10.0. The van der Waals surface area contributed by atoms with Gasteiger partial charge in [0, 0.05) is 31.0 Å². The highest BCUT2D eigenvalue weighted by Gasteiger charge is 2.81. The van der Waals surface area contributed by atoms with E-state index in [2.05, 4.69) is 4.90 Å². The van der Waals surface area contributed by atoms with Gasteiger partial charge in [0.05, 0.1) is 11.5 Å². The third-order valence-corrected chi connectivity index (χ3v) is 11.9. The van der Waals surface area contributed by atoms with Crippen molar-refractivity contribution in [3.8, 4) is 0 Å². The molecule has 1 aromatic carbocycles. The van der Waals surface area contributed by atoms with E-state index in [0.717, 1.165) is 5.56 Å². The Bertz CT molecular complexity index is 1310. The van der Waals surface area contributed by atoms with Crippen molar-refractivity contribution < 1.29 is 33.0 Å². The molecule has 1 heterocycles. The third kappa shape index (κ3) is 3.14. The molecule has 0 aromatic heterocycles. The van der Waals surface area contributed by atoms with Crippen LogP contribution >= 0.6 is 0 Å². The number of hydrogen-bond donors (Lipinski definition) is 2. The first-order valence-corrected chi connectivity index (χ1v) is 13.8. The van der Waals surface area contributed by atoms with Crippen LogP contribution in [0, 0.1) is 39.3 Å². The molecule has 4 aliphatic carbocycles. The molecule has 1 aliphatic heterocycles. The van der Waals surface area contributed by atoms with Gasteiger partial charge in [0.25, 0.3) is 0 Å². The molecule has 0 spiro atoms. The topological polar surface area (TPSA) is 77.8 Å². The summed E-state index contributed by atoms with van der Waals surface area (Å²) in [5.41, 5.74) is -5.78. The quantitative estimate of drug-likeness (QED) is 0.598. The van der Waals surface area contributed by atoms with Crippen molar-refractivity contribution >= 4 is 11.6 Å². The standard InChI is InChI=1S/C31H36F3NO4/c1-27-8-7-21(37)10-22(27)23(33)11-24-28(2)12-19-15-35(14-18-5-4-6-20(32)9-18)17-30(19,26(39)16-36)29(28,3)13-25(38)31(24,27)34/h4-10,19,23-25,36,38H,11-17H2,1-3H3. The van der Waals surface area contributed by atoms with Gasteiger partial charge in [-0.15, -0.1) is 0 Å². The average Bonchev–Trinajstić information content (AvgIpc) is 3.32. The molecule has 6 rings (SSSR count). The number of fused-ring (bicyclic) bond motifs is 7. The van der Waals surface area contributed by atoms with Crippen molar-refractivity contribution in [2.75, 3.05) is 19.7 Å². The van der Waals surface area contributed by atoms with Gasteiger partial charge < -0.3 is 10.2 Å². The SMILES string of the molecule is CC12C=CC(=O)C=C1C(F)CC1C3(C)CC4CN(Cc5cccc(F)c5)CC4(C(=O)CO)C3(C)CC(O)C12F. The summed E-state index contributed by atoms with van der Waals surface area (Å²) in [5, 5.41) is 21.9. The van der Waals surface area contributed by atoms with E-state index < -0.39 is 57.9 Å². The number of aliphatic hydroxyl groups is 2. The number of allylic oxidation sites excluding steroid dienone is 4. The second kappa shape index (κ2) is 8.37. The molecular formula is C31H36F3NO4. The van der Waals surface area contributed by atoms with Crippen molar-refractivity contribution in [1.29, 1.82) is 0 Å². The summed E-state index contributed by atoms with van der Waals surface area (Å²) in [5.74, 6) is -2.25. The van der Waals surface area contributed by atoms with E-state index >= 15 is 8.78 Å². The lowest BCUT2D eigenvalue weighted by molar-refractivity contribution is -0.242. The minimum Gasteiger partial charge on any atom is -0.390 e. The van der Waals surface area contributed by atoms with Crippen LogP contribution in [-0.4, -0.2) is 64.3 Å². The lowest BCUT2D eigenvalue weighted by Crippen LogP contribution is -2.72. The summed E-state index contributed by atoms with van der Waals surface area (Å²) < 4.78 is 47.4. The van der Waals surface area contributed by atoms with Gasteiger partial charge in [0.1, 0.15) is 18.6 Å². The molecule has 8 heteroatoms. The van der Waals surface area contributed by atoms with Crippen molar-refractivity contribution in [2.24, 2.45) is 33.5 Å². The number of nitrogens with zero attached hydrogens (tertiary/aromatic N) is 1. The Balaban J connectivity index is 1.44. The van der Waals surface area contributed by atoms with E-state index in [-0.39, 0.29) is 42.5 Å². The van der Waals surface area contributed by atoms with Gasteiger partial charge in [-0.1, -0.05) is 32.1 Å². The molecular weight excluding hydrogens is 507 g/mol. The number of ketones is 2. The Hall–Kier alpha value is -2.29. The van der Waals surface area contributed by atoms with Gasteiger partial charge >= 0.3 is 0 Å². The maximum Gasteiger partial charge on any atom is 0.178 e. The van der Waals surface area contributed by atoms with Crippen molar-refractivity contribution in [3.05, 3.63) is 59.4 Å². The largest absolute Gasteiger partial charge is 0.390 e. The van der Waals surface area contributed by atoms with Crippen LogP contribution in [0.1, 0.15) is 45.6 Å². The van der Waals surface area contributed by atoms with Crippen LogP contribution in [0.2, 0.25) is 0 Å². The van der Waals surface area contributed by atoms with Crippen LogP contribution in [0.4, 0.5) is 13.2 Å². The predicted octanol–water partition coefficient (Wildman–Crippen LogP) is 4.12. The lowest BCUT2D eigenvalue weighted by atomic mass is 9.38. The number of halogens is 3. The molecule has 1 saturated heterocycles. The number of likely N-dealkylation sites (tertiary alicyclic amines) is 1. The Morgan fingerprint density at radius 1 is 1.21 bits per heavy atom. The first-order valence-electron chi connectivity index (χ1n) is 13.8. The lowest BCUT2D eigenvalue weighted by Gasteiger charge is -2.67. The number of Topliss-reactive ketones (excluding diaryl/α,β-unsaturated/α-hetero) is 1. The van der Waals surface area contributed by atoms with Crippen LogP contribution in [0.15, 0.2) is 48.1 Å². The van der Waals surface area contributed by atoms with E-state index in [1.807, 2.05) is 19.9 Å². The number of aliphatic hydroxyl groups excluding tert-OH is 2. The van der Waals surface area contributed by atoms with Crippen molar-refractivity contribution in [3.63, 3.8) is 0 Å². The molecule has 5 aliphatic rings. The van der Waals surface area contributed by atoms with E-state index in [4.69, 9.17) is 0 Å². The Labute approximate surface area is 226 Å². The highest BCUT2D eigenvalue weighted by molar-refractivity contribution is 6.01. The molecule has 5 nitrogen and oxygen atoms in total. The van der Waals surface area contributed by atoms with Gasteiger partial charge in [0.15, 0.2) is 17.2 Å². The monoisotopic (exact) mass is 543 g/mol. The number of rotatable bonds is 4. The third-order valence-electron chi connectivity index (χ3n) is 11.9. The minimum atomic E-state index is -2.24. The summed E-state index contributed by atoms with van der Waals surface area (Å²) in [6.45, 7) is 5.93. The molecule has 0 bridgehead atoms. The van der Waals surface area contributed by atoms with Crippen molar-refractivity contribution in [2.45, 2.75) is 64.5 Å². The summed E-state index contributed by atoms with van der Waals surface area (Å²) >= 11 is 0. The fourth-order valence-corrected chi connectivity index (χ4v) is 10.0. The molecule has 0 radical (unpaired) electrons. The maximum absolute atomic E-state index is 17.7. The Kier molecular flexibility index (Phi) is 5.77. The molecule has 0 amide bonds. The average molecular weight is 544 g/mol. The number of carbonyl (C=O) groups excluding carboxylic acids is 2. The van der Waals surface area contributed by atoms with Crippen LogP contribution in [0.3, 0.4) is 0 Å². The van der Waals surface area contributed by atoms with Gasteiger partial charge in [-0.2, -0.15) is 0 Å². The van der Waals surface area contributed by atoms with Gasteiger partial charge in [-0.3, -0.25) is 14.5 Å². The highest BCUT2D eigenvalue weighted by Crippen LogP contribution is 2.79. The summed E-state index contributed by atoms with van der Waals surface area (Å²) in [6.07, 6.45) is 0.992. The van der Waals surface area contributed by atoms with E-state index in [1.165, 1.54) is 30.4 Å². The molecule has 3 saturated carbocycles. The molecule has 4 fully saturated rings. The Morgan fingerprint density at radius 2 is 1.95 bits per heavy atom. The second-order valence-electron chi connectivity index (χ2n) is 13.3. The zero-order valence-corrected chi connectivity index (χ0v) is 22.6. The number of hydrogen-bond acceptors (Lipinski definition) is 5. The number of carbonyl (C=O) groups is 2. The predicted molar refractivity (Wildman–Crippen MR) is 138 cm³/mol. The minimum absolute atomic E-state index is 0.0336. The smallest absolute Gasteiger partial charge is 0.178 e. The zero-order chi connectivity index (χ0) is 28.2. The number of benzene rings is 1. The molecule has 1 aromatic rings. The van der Waals surface area contributed by atoms with Gasteiger partial charge in [0.2, 0.25) is 0 Å². The van der Waals surface area contributed by atoms with Crippen LogP contribution in [0.25, 0.3) is 0 Å². The van der Waals surface area contributed by atoms with E-state index in [1.54, 1.807) is 13.0 Å². The normalized spacial score (nSPS) is 46.8. The highest BCUT2D eigenvalue weighted by atomic mass is 19.1. The fraction of sp³-hybridized carbons (Fsp3) is 0.613. The van der Waals surface area contributed by atoms with Crippen LogP contribution < -0.4 is 0 Å². The molecule has 9 atom stereocenters. The summed E-state index contributed by atoms with van der Waals surface area (Å²) in [7, 11) is 0. The molecule has 9 unspecified atom stereocenters. The summed E-state index contributed by atoms with van der Waals surface area (Å²) in [6, 6.07) is 6.29. The molecule has 210 valence electrons. The molecule has 2 N–H and O–H groups in total. The van der Waals surface area contributed by atoms with Crippen LogP contribution in [0.5, 0.6) is 0 Å². The molecule has 39 heavy (non-hydrogen) atoms. The summed E-state index contributed by atoms with van der Waals surface area (Å²) in [4.78, 5) is 28.0. The van der Waals surface area contributed by atoms with Crippen molar-refractivity contribution in [1.82, 2.24) is 4.90 Å². The second-order valence-corrected chi connectivity index (χ2v) is 13.3. The van der Waals surface area contributed by atoms with E-state index in [0.29, 0.717) is 19.5 Å². The zero-order valence-electron chi connectivity index (χ0n) is 22.6. The number of alkyl halides is 2. The van der Waals surface area contributed by atoms with E-state index in [9.17, 15) is 24.2 Å². The van der Waals surface area contributed by atoms with Gasteiger partial charge in [-0.05, 0) is 78.4 Å². The maximum atomic E-state index is 17.7.